The first-order valence-electron chi connectivity index (χ1n) is 8.57. The molecule has 4 rings (SSSR count). The van der Waals surface area contributed by atoms with Crippen molar-refractivity contribution in [2.45, 2.75) is 6.92 Å². The molecule has 140 valence electrons. The third kappa shape index (κ3) is 3.66. The Morgan fingerprint density at radius 1 is 1.07 bits per heavy atom. The van der Waals surface area contributed by atoms with Crippen LogP contribution in [0.4, 0.5) is 0 Å². The van der Waals surface area contributed by atoms with Crippen molar-refractivity contribution >= 4 is 43.5 Å². The summed E-state index contributed by atoms with van der Waals surface area (Å²) in [5.74, 6) is 0.369. The van der Waals surface area contributed by atoms with Crippen molar-refractivity contribution in [1.29, 1.82) is 0 Å². The number of ether oxygens (including phenoxy) is 2. The maximum Gasteiger partial charge on any atom is 0.343 e. The highest BCUT2D eigenvalue weighted by Crippen LogP contribution is 2.41. The Morgan fingerprint density at radius 3 is 2.54 bits per heavy atom. The number of aromatic nitrogens is 1. The molecule has 0 saturated carbocycles. The molecular formula is C22H16BrNO3S. The van der Waals surface area contributed by atoms with Crippen LogP contribution in [0.1, 0.15) is 15.9 Å². The summed E-state index contributed by atoms with van der Waals surface area (Å²) < 4.78 is 12.8. The van der Waals surface area contributed by atoms with E-state index in [1.165, 1.54) is 0 Å². The van der Waals surface area contributed by atoms with E-state index in [-0.39, 0.29) is 0 Å². The predicted octanol–water partition coefficient (Wildman–Crippen LogP) is 6.26. The highest BCUT2D eigenvalue weighted by Gasteiger charge is 2.18. The molecule has 0 bridgehead atoms. The van der Waals surface area contributed by atoms with Gasteiger partial charge in [0.05, 0.1) is 27.4 Å². The number of hydrogen-bond acceptors (Lipinski definition) is 5. The topological polar surface area (TPSA) is 48.4 Å². The first kappa shape index (κ1) is 18.7. The summed E-state index contributed by atoms with van der Waals surface area (Å²) in [4.78, 5) is 17.2. The number of benzene rings is 3. The van der Waals surface area contributed by atoms with Crippen molar-refractivity contribution in [3.8, 4) is 22.1 Å². The van der Waals surface area contributed by atoms with E-state index in [0.717, 1.165) is 26.4 Å². The molecule has 1 heterocycles. The van der Waals surface area contributed by atoms with Gasteiger partial charge in [-0.25, -0.2) is 9.78 Å². The van der Waals surface area contributed by atoms with Gasteiger partial charge in [-0.05, 0) is 59.3 Å². The zero-order chi connectivity index (χ0) is 19.7. The molecule has 0 unspecified atom stereocenters. The molecule has 0 aliphatic carbocycles. The fraction of sp³-hybridized carbons (Fsp3) is 0.0909. The second-order valence-electron chi connectivity index (χ2n) is 6.23. The highest BCUT2D eigenvalue weighted by molar-refractivity contribution is 9.10. The van der Waals surface area contributed by atoms with E-state index >= 15 is 0 Å². The lowest BCUT2D eigenvalue weighted by molar-refractivity contribution is 0.0728. The Kier molecular flexibility index (Phi) is 5.15. The number of para-hydroxylation sites is 1. The molecule has 4 aromatic rings. The maximum absolute atomic E-state index is 12.5. The second-order valence-corrected chi connectivity index (χ2v) is 8.12. The first-order valence-corrected chi connectivity index (χ1v) is 10.2. The smallest absolute Gasteiger partial charge is 0.343 e. The molecule has 0 spiro atoms. The molecule has 0 aliphatic heterocycles. The molecule has 0 aliphatic rings. The molecule has 1 aromatic heterocycles. The lowest BCUT2D eigenvalue weighted by Crippen LogP contribution is -2.09. The molecule has 0 atom stereocenters. The van der Waals surface area contributed by atoms with E-state index in [4.69, 9.17) is 9.47 Å². The molecule has 3 aromatic carbocycles. The Balaban J connectivity index is 1.69. The first-order chi connectivity index (χ1) is 13.5. The summed E-state index contributed by atoms with van der Waals surface area (Å²) in [5, 5.41) is 0.872. The number of carbonyl (C=O) groups is 1. The van der Waals surface area contributed by atoms with Gasteiger partial charge in [0.2, 0.25) is 0 Å². The number of carbonyl (C=O) groups excluding carboxylic acids is 1. The average Bonchev–Trinajstić information content (AvgIpc) is 3.14. The quantitative estimate of drug-likeness (QED) is 0.270. The summed E-state index contributed by atoms with van der Waals surface area (Å²) in [6.45, 7) is 1.97. The SMILES string of the molecule is COc1cc(-c2nc3ccccc3s2)cc(Br)c1OC(=O)c1ccc(C)cc1. The highest BCUT2D eigenvalue weighted by atomic mass is 79.9. The number of fused-ring (bicyclic) bond motifs is 1. The van der Waals surface area contributed by atoms with Crippen molar-refractivity contribution < 1.29 is 14.3 Å². The van der Waals surface area contributed by atoms with Gasteiger partial charge in [0.25, 0.3) is 0 Å². The molecule has 6 heteroatoms. The number of esters is 1. The van der Waals surface area contributed by atoms with Crippen LogP contribution in [0.25, 0.3) is 20.8 Å². The van der Waals surface area contributed by atoms with Crippen LogP contribution in [-0.2, 0) is 0 Å². The van der Waals surface area contributed by atoms with Gasteiger partial charge in [-0.15, -0.1) is 11.3 Å². The van der Waals surface area contributed by atoms with Crippen molar-refractivity contribution in [3.63, 3.8) is 0 Å². The predicted molar refractivity (Wildman–Crippen MR) is 115 cm³/mol. The molecule has 0 saturated heterocycles. The fourth-order valence-corrected chi connectivity index (χ4v) is 4.26. The minimum absolute atomic E-state index is 0.345. The van der Waals surface area contributed by atoms with Gasteiger partial charge >= 0.3 is 5.97 Å². The normalized spacial score (nSPS) is 10.8. The molecular weight excluding hydrogens is 438 g/mol. The number of thiazole rings is 1. The zero-order valence-corrected chi connectivity index (χ0v) is 17.6. The van der Waals surface area contributed by atoms with Gasteiger partial charge in [0.15, 0.2) is 11.5 Å². The third-order valence-corrected chi connectivity index (χ3v) is 5.93. The van der Waals surface area contributed by atoms with Crippen LogP contribution in [0.2, 0.25) is 0 Å². The Labute approximate surface area is 174 Å². The van der Waals surface area contributed by atoms with E-state index in [2.05, 4.69) is 20.9 Å². The summed E-state index contributed by atoms with van der Waals surface area (Å²) in [6, 6.07) is 18.9. The number of nitrogens with zero attached hydrogens (tertiary/aromatic N) is 1. The Morgan fingerprint density at radius 2 is 1.82 bits per heavy atom. The minimum Gasteiger partial charge on any atom is -0.493 e. The number of rotatable bonds is 4. The lowest BCUT2D eigenvalue weighted by Gasteiger charge is -2.12. The van der Waals surface area contributed by atoms with Crippen LogP contribution < -0.4 is 9.47 Å². The molecule has 0 radical (unpaired) electrons. The monoisotopic (exact) mass is 453 g/mol. The van der Waals surface area contributed by atoms with Gasteiger partial charge in [-0.2, -0.15) is 0 Å². The summed E-state index contributed by atoms with van der Waals surface area (Å²) >= 11 is 5.11. The Bertz CT molecular complexity index is 1140. The second kappa shape index (κ2) is 7.73. The van der Waals surface area contributed by atoms with Crippen LogP contribution in [0.5, 0.6) is 11.5 Å². The van der Waals surface area contributed by atoms with Gasteiger partial charge in [0.1, 0.15) is 5.01 Å². The fourth-order valence-electron chi connectivity index (χ4n) is 2.78. The van der Waals surface area contributed by atoms with E-state index in [1.54, 1.807) is 30.6 Å². The lowest BCUT2D eigenvalue weighted by atomic mass is 10.1. The molecule has 4 nitrogen and oxygen atoms in total. The van der Waals surface area contributed by atoms with Crippen LogP contribution in [0.3, 0.4) is 0 Å². The molecule has 0 fully saturated rings. The molecule has 28 heavy (non-hydrogen) atoms. The van der Waals surface area contributed by atoms with Crippen LogP contribution in [0, 0.1) is 6.92 Å². The summed E-state index contributed by atoms with van der Waals surface area (Å²) in [5.41, 5.74) is 3.40. The van der Waals surface area contributed by atoms with Crippen molar-refractivity contribution in [2.24, 2.45) is 0 Å². The summed E-state index contributed by atoms with van der Waals surface area (Å²) in [7, 11) is 1.55. The number of aryl methyl sites for hydroxylation is 1. The van der Waals surface area contributed by atoms with Gasteiger partial charge in [-0.3, -0.25) is 0 Å². The Hall–Kier alpha value is -2.70. The van der Waals surface area contributed by atoms with Crippen molar-refractivity contribution in [2.75, 3.05) is 7.11 Å². The summed E-state index contributed by atoms with van der Waals surface area (Å²) in [6.07, 6.45) is 0. The van der Waals surface area contributed by atoms with Gasteiger partial charge in [-0.1, -0.05) is 29.8 Å². The third-order valence-electron chi connectivity index (χ3n) is 4.25. The standard InChI is InChI=1S/C22H16BrNO3S/c1-13-7-9-14(10-8-13)22(25)27-20-16(23)11-15(12-18(20)26-2)21-24-17-5-3-4-6-19(17)28-21/h3-12H,1-2H3. The minimum atomic E-state index is -0.438. The van der Waals surface area contributed by atoms with Crippen LogP contribution >= 0.6 is 27.3 Å². The number of halogens is 1. The van der Waals surface area contributed by atoms with Gasteiger partial charge in [0, 0.05) is 5.56 Å². The maximum atomic E-state index is 12.5. The zero-order valence-electron chi connectivity index (χ0n) is 15.2. The average molecular weight is 454 g/mol. The van der Waals surface area contributed by atoms with E-state index in [9.17, 15) is 4.79 Å². The van der Waals surface area contributed by atoms with E-state index in [1.807, 2.05) is 55.5 Å². The van der Waals surface area contributed by atoms with Crippen LogP contribution in [0.15, 0.2) is 65.1 Å². The number of hydrogen-bond donors (Lipinski definition) is 0. The largest absolute Gasteiger partial charge is 0.493 e. The van der Waals surface area contributed by atoms with E-state index < -0.39 is 5.97 Å². The van der Waals surface area contributed by atoms with Crippen molar-refractivity contribution in [1.82, 2.24) is 4.98 Å². The van der Waals surface area contributed by atoms with E-state index in [0.29, 0.717) is 21.5 Å². The van der Waals surface area contributed by atoms with Crippen molar-refractivity contribution in [3.05, 3.63) is 76.3 Å². The number of methoxy groups -OCH3 is 1. The van der Waals surface area contributed by atoms with Gasteiger partial charge < -0.3 is 9.47 Å². The van der Waals surface area contributed by atoms with Crippen LogP contribution in [-0.4, -0.2) is 18.1 Å². The molecule has 0 N–H and O–H groups in total. The molecule has 0 amide bonds.